The zero-order valence-corrected chi connectivity index (χ0v) is 12.8. The Kier molecular flexibility index (Phi) is 3.71. The number of aromatic nitrogens is 5. The molecule has 1 atom stereocenters. The van der Waals surface area contributed by atoms with Crippen molar-refractivity contribution in [3.8, 4) is 11.4 Å². The molecule has 0 radical (unpaired) electrons. The Morgan fingerprint density at radius 3 is 2.87 bits per heavy atom. The Labute approximate surface area is 134 Å². The van der Waals surface area contributed by atoms with Crippen LogP contribution >= 0.6 is 0 Å². The van der Waals surface area contributed by atoms with E-state index in [1.54, 1.807) is 12.7 Å². The van der Waals surface area contributed by atoms with Gasteiger partial charge in [0.05, 0.1) is 12.6 Å². The number of hydrogen-bond acceptors (Lipinski definition) is 5. The van der Waals surface area contributed by atoms with E-state index in [1.807, 2.05) is 47.3 Å². The van der Waals surface area contributed by atoms with Gasteiger partial charge in [-0.1, -0.05) is 30.3 Å². The van der Waals surface area contributed by atoms with Gasteiger partial charge in [-0.25, -0.2) is 15.0 Å². The summed E-state index contributed by atoms with van der Waals surface area (Å²) in [6.45, 7) is 1.86. The molecule has 0 aliphatic carbocycles. The number of hydrogen-bond donors (Lipinski definition) is 0. The summed E-state index contributed by atoms with van der Waals surface area (Å²) in [5.41, 5.74) is 1.04. The molecule has 3 heterocycles. The number of benzene rings is 1. The van der Waals surface area contributed by atoms with E-state index in [9.17, 15) is 0 Å². The van der Waals surface area contributed by atoms with Gasteiger partial charge in [-0.3, -0.25) is 4.68 Å². The van der Waals surface area contributed by atoms with Crippen molar-refractivity contribution in [1.82, 2.24) is 24.7 Å². The fourth-order valence-corrected chi connectivity index (χ4v) is 3.11. The van der Waals surface area contributed by atoms with Crippen LogP contribution in [0.15, 0.2) is 55.2 Å². The minimum Gasteiger partial charge on any atom is -0.352 e. The lowest BCUT2D eigenvalue weighted by molar-refractivity contribution is 0.506. The van der Waals surface area contributed by atoms with Gasteiger partial charge in [-0.05, 0) is 18.9 Å². The fourth-order valence-electron chi connectivity index (χ4n) is 3.11. The SMILES string of the molecule is c1ccc(-c2nccc(N3CCCC3Cn3cncn3)n2)cc1. The van der Waals surface area contributed by atoms with Crippen LogP contribution in [0.25, 0.3) is 11.4 Å². The molecule has 1 unspecified atom stereocenters. The molecule has 0 amide bonds. The molecular formula is C17H18N6. The minimum absolute atomic E-state index is 0.398. The highest BCUT2D eigenvalue weighted by atomic mass is 15.3. The third-order valence-corrected chi connectivity index (χ3v) is 4.21. The predicted octanol–water partition coefficient (Wildman–Crippen LogP) is 2.40. The zero-order valence-electron chi connectivity index (χ0n) is 12.8. The van der Waals surface area contributed by atoms with Crippen molar-refractivity contribution in [2.24, 2.45) is 0 Å². The maximum atomic E-state index is 4.77. The van der Waals surface area contributed by atoms with Crippen LogP contribution in [0, 0.1) is 0 Å². The van der Waals surface area contributed by atoms with E-state index in [1.165, 1.54) is 6.42 Å². The molecule has 0 bridgehead atoms. The first kappa shape index (κ1) is 13.9. The van der Waals surface area contributed by atoms with Crippen LogP contribution in [-0.2, 0) is 6.54 Å². The summed E-state index contributed by atoms with van der Waals surface area (Å²) in [5.74, 6) is 1.76. The quantitative estimate of drug-likeness (QED) is 0.741. The van der Waals surface area contributed by atoms with Crippen molar-refractivity contribution in [1.29, 1.82) is 0 Å². The lowest BCUT2D eigenvalue weighted by Crippen LogP contribution is -2.33. The van der Waals surface area contributed by atoms with Crippen molar-refractivity contribution < 1.29 is 0 Å². The molecular weight excluding hydrogens is 288 g/mol. The van der Waals surface area contributed by atoms with Crippen LogP contribution in [-0.4, -0.2) is 37.3 Å². The molecule has 1 aliphatic heterocycles. The van der Waals surface area contributed by atoms with Gasteiger partial charge in [0.15, 0.2) is 5.82 Å². The van der Waals surface area contributed by atoms with Crippen LogP contribution < -0.4 is 4.90 Å². The summed E-state index contributed by atoms with van der Waals surface area (Å²) in [4.78, 5) is 15.6. The Balaban J connectivity index is 1.59. The van der Waals surface area contributed by atoms with E-state index in [2.05, 4.69) is 20.0 Å². The van der Waals surface area contributed by atoms with Crippen molar-refractivity contribution in [3.05, 3.63) is 55.2 Å². The largest absolute Gasteiger partial charge is 0.352 e. The van der Waals surface area contributed by atoms with Crippen LogP contribution in [0.5, 0.6) is 0 Å². The van der Waals surface area contributed by atoms with Crippen LogP contribution in [0.3, 0.4) is 0 Å². The number of anilines is 1. The number of rotatable bonds is 4. The second-order valence-corrected chi connectivity index (χ2v) is 5.71. The summed E-state index contributed by atoms with van der Waals surface area (Å²) >= 11 is 0. The summed E-state index contributed by atoms with van der Waals surface area (Å²) < 4.78 is 1.89. The van der Waals surface area contributed by atoms with Gasteiger partial charge in [0.25, 0.3) is 0 Å². The van der Waals surface area contributed by atoms with Crippen molar-refractivity contribution in [2.45, 2.75) is 25.4 Å². The Morgan fingerprint density at radius 1 is 1.13 bits per heavy atom. The second-order valence-electron chi connectivity index (χ2n) is 5.71. The Bertz CT molecular complexity index is 756. The summed E-state index contributed by atoms with van der Waals surface area (Å²) in [7, 11) is 0. The highest BCUT2D eigenvalue weighted by Crippen LogP contribution is 2.26. The molecule has 23 heavy (non-hydrogen) atoms. The zero-order chi connectivity index (χ0) is 15.5. The minimum atomic E-state index is 0.398. The molecule has 0 saturated carbocycles. The van der Waals surface area contributed by atoms with Gasteiger partial charge in [-0.2, -0.15) is 5.10 Å². The summed E-state index contributed by atoms with van der Waals surface area (Å²) in [6, 6.07) is 12.5. The molecule has 1 fully saturated rings. The van der Waals surface area contributed by atoms with E-state index < -0.39 is 0 Å². The molecule has 6 heteroatoms. The summed E-state index contributed by atoms with van der Waals surface area (Å²) in [5, 5.41) is 4.22. The predicted molar refractivity (Wildman–Crippen MR) is 87.9 cm³/mol. The molecule has 4 rings (SSSR count). The third kappa shape index (κ3) is 2.92. The molecule has 0 spiro atoms. The van der Waals surface area contributed by atoms with Crippen LogP contribution in [0.1, 0.15) is 12.8 Å². The highest BCUT2D eigenvalue weighted by molar-refractivity contribution is 5.57. The van der Waals surface area contributed by atoms with E-state index in [0.717, 1.165) is 36.7 Å². The molecule has 1 aliphatic rings. The van der Waals surface area contributed by atoms with Gasteiger partial charge in [0.2, 0.25) is 0 Å². The van der Waals surface area contributed by atoms with Gasteiger partial charge < -0.3 is 4.90 Å². The molecule has 6 nitrogen and oxygen atoms in total. The van der Waals surface area contributed by atoms with E-state index in [4.69, 9.17) is 4.98 Å². The highest BCUT2D eigenvalue weighted by Gasteiger charge is 2.26. The topological polar surface area (TPSA) is 59.7 Å². The first-order valence-electron chi connectivity index (χ1n) is 7.88. The average molecular weight is 306 g/mol. The standard InChI is InChI=1S/C17H18N6/c1-2-5-14(6-3-1)17-19-9-8-16(21-17)23-10-4-7-15(23)11-22-13-18-12-20-22/h1-3,5-6,8-9,12-13,15H,4,7,10-11H2. The van der Waals surface area contributed by atoms with Crippen molar-refractivity contribution in [2.75, 3.05) is 11.4 Å². The Morgan fingerprint density at radius 2 is 2.04 bits per heavy atom. The first-order chi connectivity index (χ1) is 11.4. The molecule has 3 aromatic rings. The lowest BCUT2D eigenvalue weighted by atomic mass is 10.2. The lowest BCUT2D eigenvalue weighted by Gasteiger charge is -2.25. The molecule has 116 valence electrons. The number of nitrogens with zero attached hydrogens (tertiary/aromatic N) is 6. The van der Waals surface area contributed by atoms with Gasteiger partial charge >= 0.3 is 0 Å². The molecule has 1 saturated heterocycles. The van der Waals surface area contributed by atoms with Crippen LogP contribution in [0.2, 0.25) is 0 Å². The maximum absolute atomic E-state index is 4.77. The molecule has 1 aromatic carbocycles. The van der Waals surface area contributed by atoms with E-state index in [-0.39, 0.29) is 0 Å². The van der Waals surface area contributed by atoms with Crippen LogP contribution in [0.4, 0.5) is 5.82 Å². The molecule has 2 aromatic heterocycles. The van der Waals surface area contributed by atoms with Gasteiger partial charge in [0, 0.05) is 18.3 Å². The smallest absolute Gasteiger partial charge is 0.161 e. The van der Waals surface area contributed by atoms with Gasteiger partial charge in [-0.15, -0.1) is 0 Å². The van der Waals surface area contributed by atoms with E-state index >= 15 is 0 Å². The molecule has 0 N–H and O–H groups in total. The monoisotopic (exact) mass is 306 g/mol. The van der Waals surface area contributed by atoms with Crippen molar-refractivity contribution >= 4 is 5.82 Å². The normalized spacial score (nSPS) is 17.6. The third-order valence-electron chi connectivity index (χ3n) is 4.21. The fraction of sp³-hybridized carbons (Fsp3) is 0.294. The van der Waals surface area contributed by atoms with Crippen molar-refractivity contribution in [3.63, 3.8) is 0 Å². The van der Waals surface area contributed by atoms with Gasteiger partial charge in [0.1, 0.15) is 18.5 Å². The maximum Gasteiger partial charge on any atom is 0.161 e. The summed E-state index contributed by atoms with van der Waals surface area (Å²) in [6.07, 6.45) is 7.51. The second kappa shape index (κ2) is 6.16. The first-order valence-corrected chi connectivity index (χ1v) is 7.88. The Hall–Kier alpha value is -2.76. The average Bonchev–Trinajstić information content (AvgIpc) is 3.28. The van der Waals surface area contributed by atoms with E-state index in [0.29, 0.717) is 6.04 Å².